The lowest BCUT2D eigenvalue weighted by Gasteiger charge is -2.27. The first kappa shape index (κ1) is 28.8. The number of aliphatic carboxylic acids is 1. The summed E-state index contributed by atoms with van der Waals surface area (Å²) < 4.78 is 0. The molecule has 0 aromatic heterocycles. The molecule has 0 radical (unpaired) electrons. The highest BCUT2D eigenvalue weighted by Crippen LogP contribution is 2.09. The molecule has 0 aliphatic rings. The van der Waals surface area contributed by atoms with E-state index in [1.807, 2.05) is 13.8 Å². The molecule has 0 bridgehead atoms. The van der Waals surface area contributed by atoms with Gasteiger partial charge in [0.15, 0.2) is 0 Å². The number of aliphatic hydroxyl groups is 1. The van der Waals surface area contributed by atoms with Crippen LogP contribution in [-0.4, -0.2) is 71.2 Å². The molecule has 5 unspecified atom stereocenters. The molecule has 5 atom stereocenters. The van der Waals surface area contributed by atoms with Gasteiger partial charge in [0.1, 0.15) is 18.1 Å². The minimum absolute atomic E-state index is 0.0721. The van der Waals surface area contributed by atoms with Crippen LogP contribution in [0.1, 0.15) is 53.4 Å². The van der Waals surface area contributed by atoms with Crippen molar-refractivity contribution >= 4 is 23.7 Å². The largest absolute Gasteiger partial charge is 0.480 e. The van der Waals surface area contributed by atoms with Crippen LogP contribution in [0, 0.1) is 11.8 Å². The SMILES string of the molecule is CCC(C)C(N)C(=O)NC(C(=O)NC(CCCCN)C(=O)NC(CO)C(=O)O)C(C)C. The average molecular weight is 446 g/mol. The van der Waals surface area contributed by atoms with E-state index >= 15 is 0 Å². The van der Waals surface area contributed by atoms with Crippen molar-refractivity contribution in [3.05, 3.63) is 0 Å². The van der Waals surface area contributed by atoms with Gasteiger partial charge in [-0.05, 0) is 37.6 Å². The number of aliphatic hydroxyl groups excluding tert-OH is 1. The van der Waals surface area contributed by atoms with Crippen molar-refractivity contribution in [2.45, 2.75) is 77.5 Å². The molecule has 11 heteroatoms. The number of hydrogen-bond acceptors (Lipinski definition) is 7. The van der Waals surface area contributed by atoms with Crippen LogP contribution in [0.4, 0.5) is 0 Å². The van der Waals surface area contributed by atoms with Gasteiger partial charge in [0.05, 0.1) is 12.6 Å². The Morgan fingerprint density at radius 2 is 1.48 bits per heavy atom. The van der Waals surface area contributed by atoms with E-state index in [9.17, 15) is 19.2 Å². The van der Waals surface area contributed by atoms with Gasteiger partial charge in [0.25, 0.3) is 0 Å². The number of carbonyl (C=O) groups excluding carboxylic acids is 3. The van der Waals surface area contributed by atoms with Crippen molar-refractivity contribution < 1.29 is 29.4 Å². The lowest BCUT2D eigenvalue weighted by Crippen LogP contribution is -2.59. The lowest BCUT2D eigenvalue weighted by atomic mass is 9.97. The fraction of sp³-hybridized carbons (Fsp3) is 0.800. The van der Waals surface area contributed by atoms with E-state index < -0.39 is 54.5 Å². The van der Waals surface area contributed by atoms with Crippen molar-refractivity contribution in [3.8, 4) is 0 Å². The second-order valence-corrected chi connectivity index (χ2v) is 8.07. The number of rotatable bonds is 15. The molecule has 0 heterocycles. The number of carbonyl (C=O) groups is 4. The molecule has 0 spiro atoms. The van der Waals surface area contributed by atoms with Gasteiger partial charge in [-0.3, -0.25) is 14.4 Å². The summed E-state index contributed by atoms with van der Waals surface area (Å²) in [7, 11) is 0. The molecule has 0 aliphatic heterocycles. The van der Waals surface area contributed by atoms with Crippen molar-refractivity contribution in [2.24, 2.45) is 23.3 Å². The number of hydrogen-bond donors (Lipinski definition) is 7. The van der Waals surface area contributed by atoms with Gasteiger partial charge in [-0.15, -0.1) is 0 Å². The Balaban J connectivity index is 5.37. The summed E-state index contributed by atoms with van der Waals surface area (Å²) in [6.45, 7) is 6.85. The van der Waals surface area contributed by atoms with Gasteiger partial charge in [-0.25, -0.2) is 4.79 Å². The third kappa shape index (κ3) is 10.1. The Kier molecular flexibility index (Phi) is 13.6. The smallest absolute Gasteiger partial charge is 0.328 e. The normalized spacial score (nSPS) is 16.0. The molecule has 0 fully saturated rings. The molecule has 0 saturated carbocycles. The highest BCUT2D eigenvalue weighted by Gasteiger charge is 2.32. The van der Waals surface area contributed by atoms with Gasteiger partial charge < -0.3 is 37.6 Å². The summed E-state index contributed by atoms with van der Waals surface area (Å²) in [5.41, 5.74) is 11.4. The van der Waals surface area contributed by atoms with Crippen LogP contribution in [0.5, 0.6) is 0 Å². The number of carboxylic acids is 1. The van der Waals surface area contributed by atoms with E-state index in [-0.39, 0.29) is 18.3 Å². The minimum Gasteiger partial charge on any atom is -0.480 e. The van der Waals surface area contributed by atoms with Crippen LogP contribution in [0.3, 0.4) is 0 Å². The molecular weight excluding hydrogens is 406 g/mol. The number of nitrogens with two attached hydrogens (primary N) is 2. The van der Waals surface area contributed by atoms with Crippen molar-refractivity contribution in [2.75, 3.05) is 13.2 Å². The fourth-order valence-corrected chi connectivity index (χ4v) is 2.78. The van der Waals surface area contributed by atoms with Crippen LogP contribution in [-0.2, 0) is 19.2 Å². The lowest BCUT2D eigenvalue weighted by molar-refractivity contribution is -0.143. The first-order chi connectivity index (χ1) is 14.5. The maximum Gasteiger partial charge on any atom is 0.328 e. The summed E-state index contributed by atoms with van der Waals surface area (Å²) in [6.07, 6.45) is 2.04. The number of carboxylic acid groups (broad SMARTS) is 1. The molecule has 0 rings (SSSR count). The Hall–Kier alpha value is -2.24. The maximum absolute atomic E-state index is 12.9. The van der Waals surface area contributed by atoms with E-state index in [4.69, 9.17) is 21.7 Å². The maximum atomic E-state index is 12.9. The molecule has 0 saturated heterocycles. The molecule has 180 valence electrons. The van der Waals surface area contributed by atoms with Crippen molar-refractivity contribution in [1.29, 1.82) is 0 Å². The zero-order valence-corrected chi connectivity index (χ0v) is 18.9. The Morgan fingerprint density at radius 3 is 1.94 bits per heavy atom. The summed E-state index contributed by atoms with van der Waals surface area (Å²) in [5, 5.41) is 25.6. The predicted molar refractivity (Wildman–Crippen MR) is 116 cm³/mol. The van der Waals surface area contributed by atoms with Gasteiger partial charge in [0.2, 0.25) is 17.7 Å². The van der Waals surface area contributed by atoms with E-state index in [0.29, 0.717) is 25.8 Å². The molecule has 9 N–H and O–H groups in total. The molecule has 0 aromatic rings. The van der Waals surface area contributed by atoms with Crippen LogP contribution < -0.4 is 27.4 Å². The zero-order chi connectivity index (χ0) is 24.1. The monoisotopic (exact) mass is 445 g/mol. The van der Waals surface area contributed by atoms with Gasteiger partial charge >= 0.3 is 5.97 Å². The number of nitrogens with one attached hydrogen (secondary N) is 3. The van der Waals surface area contributed by atoms with Crippen molar-refractivity contribution in [1.82, 2.24) is 16.0 Å². The molecule has 31 heavy (non-hydrogen) atoms. The molecule has 0 aliphatic carbocycles. The van der Waals surface area contributed by atoms with E-state index in [0.717, 1.165) is 0 Å². The standard InChI is InChI=1S/C20H39N5O6/c1-5-12(4)15(22)18(28)25-16(11(2)3)19(29)23-13(8-6-7-9-21)17(27)24-14(10-26)20(30)31/h11-16,26H,5-10,21-22H2,1-4H3,(H,23,29)(H,24,27)(H,25,28)(H,30,31). The Bertz CT molecular complexity index is 601. The first-order valence-electron chi connectivity index (χ1n) is 10.7. The molecule has 0 aromatic carbocycles. The van der Waals surface area contributed by atoms with Crippen LogP contribution in [0.15, 0.2) is 0 Å². The summed E-state index contributed by atoms with van der Waals surface area (Å²) in [6, 6.07) is -4.24. The summed E-state index contributed by atoms with van der Waals surface area (Å²) in [5.74, 6) is -3.53. The Labute approximate surface area is 183 Å². The highest BCUT2D eigenvalue weighted by atomic mass is 16.4. The average Bonchev–Trinajstić information content (AvgIpc) is 2.72. The van der Waals surface area contributed by atoms with Gasteiger partial charge in [-0.2, -0.15) is 0 Å². The summed E-state index contributed by atoms with van der Waals surface area (Å²) in [4.78, 5) is 49.0. The fourth-order valence-electron chi connectivity index (χ4n) is 2.78. The van der Waals surface area contributed by atoms with Crippen LogP contribution >= 0.6 is 0 Å². The minimum atomic E-state index is -1.49. The van der Waals surface area contributed by atoms with Crippen molar-refractivity contribution in [3.63, 3.8) is 0 Å². The summed E-state index contributed by atoms with van der Waals surface area (Å²) >= 11 is 0. The molecule has 3 amide bonds. The van der Waals surface area contributed by atoms with Crippen LogP contribution in [0.2, 0.25) is 0 Å². The van der Waals surface area contributed by atoms with E-state index in [2.05, 4.69) is 16.0 Å². The van der Waals surface area contributed by atoms with E-state index in [1.54, 1.807) is 13.8 Å². The number of amides is 3. The molecular formula is C20H39N5O6. The topological polar surface area (TPSA) is 197 Å². The number of unbranched alkanes of at least 4 members (excludes halogenated alkanes) is 1. The highest BCUT2D eigenvalue weighted by molar-refractivity contribution is 5.94. The molecule has 11 nitrogen and oxygen atoms in total. The predicted octanol–water partition coefficient (Wildman–Crippen LogP) is -1.32. The second-order valence-electron chi connectivity index (χ2n) is 8.07. The van der Waals surface area contributed by atoms with Gasteiger partial charge in [0, 0.05) is 0 Å². The van der Waals surface area contributed by atoms with Crippen LogP contribution in [0.25, 0.3) is 0 Å². The third-order valence-corrected chi connectivity index (χ3v) is 5.18. The van der Waals surface area contributed by atoms with Gasteiger partial charge in [-0.1, -0.05) is 34.1 Å². The quantitative estimate of drug-likeness (QED) is 0.150. The van der Waals surface area contributed by atoms with E-state index in [1.165, 1.54) is 0 Å². The second kappa shape index (κ2) is 14.7. The zero-order valence-electron chi connectivity index (χ0n) is 18.9. The first-order valence-corrected chi connectivity index (χ1v) is 10.7. The Morgan fingerprint density at radius 1 is 0.903 bits per heavy atom. The third-order valence-electron chi connectivity index (χ3n) is 5.18.